The molecule has 2 aromatic carbocycles. The quantitative estimate of drug-likeness (QED) is 0.326. The number of aryl methyl sites for hydroxylation is 1. The Morgan fingerprint density at radius 3 is 2.50 bits per heavy atom. The van der Waals surface area contributed by atoms with Crippen molar-refractivity contribution < 1.29 is 9.59 Å². The second kappa shape index (κ2) is 8.45. The zero-order valence-corrected chi connectivity index (χ0v) is 15.4. The number of fused-ring (bicyclic) bond motifs is 1. The minimum absolute atomic E-state index is 0.230. The highest BCUT2D eigenvalue weighted by Gasteiger charge is 2.21. The first-order valence-electron chi connectivity index (χ1n) is 8.79. The summed E-state index contributed by atoms with van der Waals surface area (Å²) in [5.41, 5.74) is 4.06. The van der Waals surface area contributed by atoms with Crippen molar-refractivity contribution in [3.8, 4) is 0 Å². The van der Waals surface area contributed by atoms with Gasteiger partial charge in [0.1, 0.15) is 18.3 Å². The van der Waals surface area contributed by atoms with E-state index in [1.807, 2.05) is 36.4 Å². The predicted molar refractivity (Wildman–Crippen MR) is 105 cm³/mol. The van der Waals surface area contributed by atoms with Gasteiger partial charge in [-0.1, -0.05) is 42.5 Å². The lowest BCUT2D eigenvalue weighted by molar-refractivity contribution is -0.129. The number of hydrazine groups is 1. The second-order valence-corrected chi connectivity index (χ2v) is 6.40. The molecule has 1 heterocycles. The molecule has 0 unspecified atom stereocenters. The van der Waals surface area contributed by atoms with Crippen molar-refractivity contribution >= 4 is 22.8 Å². The molecule has 28 heavy (non-hydrogen) atoms. The summed E-state index contributed by atoms with van der Waals surface area (Å²) in [4.78, 5) is 41.5. The third-order valence-electron chi connectivity index (χ3n) is 4.39. The first-order chi connectivity index (χ1) is 13.5. The molecule has 0 bridgehead atoms. The van der Waals surface area contributed by atoms with Gasteiger partial charge in [-0.05, 0) is 24.6 Å². The molecule has 0 aliphatic carbocycles. The van der Waals surface area contributed by atoms with Gasteiger partial charge < -0.3 is 5.32 Å². The zero-order chi connectivity index (χ0) is 20.1. The number of benzene rings is 2. The van der Waals surface area contributed by atoms with Crippen LogP contribution in [0.4, 0.5) is 0 Å². The Morgan fingerprint density at radius 2 is 1.79 bits per heavy atom. The maximum atomic E-state index is 12.6. The maximum Gasteiger partial charge on any atom is 0.272 e. The first-order valence-corrected chi connectivity index (χ1v) is 8.79. The normalized spacial score (nSPS) is 11.8. The highest BCUT2D eigenvalue weighted by atomic mass is 16.2. The number of nitrogens with two attached hydrogens (primary N) is 1. The van der Waals surface area contributed by atoms with E-state index in [0.717, 1.165) is 5.56 Å². The van der Waals surface area contributed by atoms with Crippen LogP contribution in [0.5, 0.6) is 0 Å². The van der Waals surface area contributed by atoms with Crippen LogP contribution < -0.4 is 22.1 Å². The Labute approximate surface area is 161 Å². The average Bonchev–Trinajstić information content (AvgIpc) is 2.71. The fourth-order valence-corrected chi connectivity index (χ4v) is 3.02. The van der Waals surface area contributed by atoms with Gasteiger partial charge in [-0.15, -0.1) is 0 Å². The third kappa shape index (κ3) is 4.24. The van der Waals surface area contributed by atoms with Crippen molar-refractivity contribution in [3.63, 3.8) is 0 Å². The van der Waals surface area contributed by atoms with E-state index in [9.17, 15) is 14.4 Å². The molecule has 8 nitrogen and oxygen atoms in total. The van der Waals surface area contributed by atoms with Crippen LogP contribution in [0.1, 0.15) is 11.3 Å². The fourth-order valence-electron chi connectivity index (χ4n) is 3.02. The lowest BCUT2D eigenvalue weighted by Gasteiger charge is -2.18. The van der Waals surface area contributed by atoms with Gasteiger partial charge in [0, 0.05) is 6.42 Å². The lowest BCUT2D eigenvalue weighted by Crippen LogP contribution is -2.51. The highest BCUT2D eigenvalue weighted by Crippen LogP contribution is 2.10. The number of hydrogen-bond donors (Lipinski definition) is 3. The molecule has 0 aliphatic rings. The van der Waals surface area contributed by atoms with Crippen LogP contribution in [0.15, 0.2) is 59.4 Å². The first kappa shape index (κ1) is 19.2. The molecule has 8 heteroatoms. The largest absolute Gasteiger partial charge is 0.342 e. The van der Waals surface area contributed by atoms with Crippen LogP contribution in [-0.2, 0) is 22.6 Å². The molecule has 0 aliphatic heterocycles. The minimum atomic E-state index is -0.857. The fraction of sp³-hybridized carbons (Fsp3) is 0.200. The topological polar surface area (TPSA) is 119 Å². The summed E-state index contributed by atoms with van der Waals surface area (Å²) < 4.78 is 1.35. The Morgan fingerprint density at radius 1 is 1.11 bits per heavy atom. The molecule has 1 atom stereocenters. The van der Waals surface area contributed by atoms with E-state index in [1.54, 1.807) is 25.1 Å². The van der Waals surface area contributed by atoms with Gasteiger partial charge in [-0.25, -0.2) is 10.8 Å². The van der Waals surface area contributed by atoms with Crippen molar-refractivity contribution in [2.24, 2.45) is 5.84 Å². The van der Waals surface area contributed by atoms with E-state index in [2.05, 4.69) is 15.7 Å². The highest BCUT2D eigenvalue weighted by molar-refractivity contribution is 5.88. The van der Waals surface area contributed by atoms with Crippen molar-refractivity contribution in [1.82, 2.24) is 20.3 Å². The molecule has 0 saturated carbocycles. The molecule has 3 rings (SSSR count). The van der Waals surface area contributed by atoms with Crippen LogP contribution >= 0.6 is 0 Å². The second-order valence-electron chi connectivity index (χ2n) is 6.40. The molecule has 4 N–H and O–H groups in total. The van der Waals surface area contributed by atoms with Gasteiger partial charge >= 0.3 is 0 Å². The number of carbonyl (C=O) groups excluding carboxylic acids is 2. The molecule has 3 aromatic rings. The molecule has 144 valence electrons. The monoisotopic (exact) mass is 379 g/mol. The minimum Gasteiger partial charge on any atom is -0.342 e. The number of amides is 2. The van der Waals surface area contributed by atoms with Crippen LogP contribution in [0, 0.1) is 6.92 Å². The van der Waals surface area contributed by atoms with E-state index in [4.69, 9.17) is 5.84 Å². The van der Waals surface area contributed by atoms with Crippen LogP contribution in [0.2, 0.25) is 0 Å². The summed E-state index contributed by atoms with van der Waals surface area (Å²) >= 11 is 0. The summed E-state index contributed by atoms with van der Waals surface area (Å²) in [7, 11) is 0. The number of aromatic nitrogens is 2. The molecule has 1 aromatic heterocycles. The summed E-state index contributed by atoms with van der Waals surface area (Å²) in [6.07, 6.45) is 0.278. The van der Waals surface area contributed by atoms with E-state index in [-0.39, 0.29) is 18.5 Å². The van der Waals surface area contributed by atoms with Crippen molar-refractivity contribution in [2.45, 2.75) is 25.9 Å². The number of nitrogens with one attached hydrogen (secondary N) is 2. The molecule has 0 saturated heterocycles. The Balaban J connectivity index is 1.84. The SMILES string of the molecule is Cc1nc2ccccc2n(CC(=O)N[C@H](Cc2ccccc2)C(=O)NN)c1=O. The number of hydrogen-bond acceptors (Lipinski definition) is 5. The Kier molecular flexibility index (Phi) is 5.81. The third-order valence-corrected chi connectivity index (χ3v) is 4.39. The van der Waals surface area contributed by atoms with E-state index in [1.165, 1.54) is 4.57 Å². The van der Waals surface area contributed by atoms with Gasteiger partial charge in [0.05, 0.1) is 11.0 Å². The van der Waals surface area contributed by atoms with E-state index < -0.39 is 17.9 Å². The number of para-hydroxylation sites is 2. The van der Waals surface area contributed by atoms with Crippen LogP contribution in [-0.4, -0.2) is 27.4 Å². The Hall–Kier alpha value is -3.52. The number of rotatable bonds is 6. The van der Waals surface area contributed by atoms with Crippen molar-refractivity contribution in [3.05, 3.63) is 76.2 Å². The van der Waals surface area contributed by atoms with Crippen LogP contribution in [0.25, 0.3) is 11.0 Å². The van der Waals surface area contributed by atoms with Gasteiger partial charge in [-0.3, -0.25) is 24.4 Å². The van der Waals surface area contributed by atoms with Crippen LogP contribution in [0.3, 0.4) is 0 Å². The predicted octanol–water partition coefficient (Wildman–Crippen LogP) is 0.422. The smallest absolute Gasteiger partial charge is 0.272 e. The molecular weight excluding hydrogens is 358 g/mol. The summed E-state index contributed by atoms with van der Waals surface area (Å²) in [5.74, 6) is 4.28. The summed E-state index contributed by atoms with van der Waals surface area (Å²) in [6.45, 7) is 1.37. The number of carbonyl (C=O) groups is 2. The van der Waals surface area contributed by atoms with Gasteiger partial charge in [-0.2, -0.15) is 0 Å². The molecular formula is C20H21N5O3. The van der Waals surface area contributed by atoms with Gasteiger partial charge in [0.25, 0.3) is 11.5 Å². The van der Waals surface area contributed by atoms with E-state index >= 15 is 0 Å². The summed E-state index contributed by atoms with van der Waals surface area (Å²) in [6, 6.07) is 15.5. The molecule has 0 fully saturated rings. The van der Waals surface area contributed by atoms with E-state index in [0.29, 0.717) is 16.7 Å². The lowest BCUT2D eigenvalue weighted by atomic mass is 10.1. The van der Waals surface area contributed by atoms with Gasteiger partial charge in [0.2, 0.25) is 5.91 Å². The standard InChI is InChI=1S/C20H21N5O3/c1-13-20(28)25(17-10-6-5-9-15(17)22-13)12-18(26)23-16(19(27)24-21)11-14-7-3-2-4-8-14/h2-10,16H,11-12,21H2,1H3,(H,23,26)(H,24,27)/t16-/m1/s1. The average molecular weight is 379 g/mol. The van der Waals surface area contributed by atoms with Gasteiger partial charge in [0.15, 0.2) is 0 Å². The molecule has 0 spiro atoms. The Bertz CT molecular complexity index is 1060. The number of nitrogens with zero attached hydrogens (tertiary/aromatic N) is 2. The maximum absolute atomic E-state index is 12.6. The molecule has 2 amide bonds. The molecule has 0 radical (unpaired) electrons. The summed E-state index contributed by atoms with van der Waals surface area (Å²) in [5, 5.41) is 2.66. The van der Waals surface area contributed by atoms with Crippen molar-refractivity contribution in [1.29, 1.82) is 0 Å². The van der Waals surface area contributed by atoms with Crippen molar-refractivity contribution in [2.75, 3.05) is 0 Å². The zero-order valence-electron chi connectivity index (χ0n) is 15.4.